The third-order valence-corrected chi connectivity index (χ3v) is 4.91. The summed E-state index contributed by atoms with van der Waals surface area (Å²) in [5.74, 6) is -0.00503. The van der Waals surface area contributed by atoms with Gasteiger partial charge in [0.2, 0.25) is 5.91 Å². The highest BCUT2D eigenvalue weighted by Gasteiger charge is 2.22. The molecule has 0 bridgehead atoms. The van der Waals surface area contributed by atoms with Crippen molar-refractivity contribution in [3.8, 4) is 0 Å². The summed E-state index contributed by atoms with van der Waals surface area (Å²) in [5, 5.41) is 7.88. The number of aryl methyl sites for hydroxylation is 1. The lowest BCUT2D eigenvalue weighted by Crippen LogP contribution is -2.48. The van der Waals surface area contributed by atoms with E-state index in [1.54, 1.807) is 17.4 Å². The maximum atomic E-state index is 12.5. The van der Waals surface area contributed by atoms with E-state index in [0.29, 0.717) is 24.4 Å². The fourth-order valence-corrected chi connectivity index (χ4v) is 3.36. The minimum Gasteiger partial charge on any atom is -0.354 e. The van der Waals surface area contributed by atoms with Gasteiger partial charge in [0.25, 0.3) is 5.91 Å². The van der Waals surface area contributed by atoms with Gasteiger partial charge in [-0.1, -0.05) is 38.1 Å². The van der Waals surface area contributed by atoms with Crippen LogP contribution in [0.4, 0.5) is 0 Å². The minimum atomic E-state index is -0.518. The molecule has 25 heavy (non-hydrogen) atoms. The van der Waals surface area contributed by atoms with Gasteiger partial charge in [0.1, 0.15) is 6.04 Å². The zero-order chi connectivity index (χ0) is 18.2. The molecule has 2 N–H and O–H groups in total. The van der Waals surface area contributed by atoms with Crippen LogP contribution in [0.2, 0.25) is 0 Å². The van der Waals surface area contributed by atoms with E-state index < -0.39 is 6.04 Å². The Balaban J connectivity index is 1.96. The zero-order valence-corrected chi connectivity index (χ0v) is 15.9. The number of hydrogen-bond acceptors (Lipinski definition) is 3. The van der Waals surface area contributed by atoms with E-state index in [2.05, 4.69) is 16.7 Å². The summed E-state index contributed by atoms with van der Waals surface area (Å²) in [7, 11) is 0. The summed E-state index contributed by atoms with van der Waals surface area (Å²) in [6, 6.07) is 11.0. The first-order valence-electron chi connectivity index (χ1n) is 8.64. The van der Waals surface area contributed by atoms with Gasteiger partial charge in [0, 0.05) is 17.0 Å². The van der Waals surface area contributed by atoms with E-state index in [9.17, 15) is 9.59 Å². The molecule has 1 unspecified atom stereocenters. The van der Waals surface area contributed by atoms with Gasteiger partial charge in [0.15, 0.2) is 0 Å². The Bertz CT molecular complexity index is 695. The molecule has 1 atom stereocenters. The summed E-state index contributed by atoms with van der Waals surface area (Å²) >= 11 is 1.68. The van der Waals surface area contributed by atoms with E-state index in [4.69, 9.17) is 0 Å². The van der Waals surface area contributed by atoms with Crippen LogP contribution in [-0.2, 0) is 11.2 Å². The van der Waals surface area contributed by atoms with Gasteiger partial charge in [0.05, 0.1) is 0 Å². The molecule has 0 aliphatic carbocycles. The Hall–Kier alpha value is -2.14. The van der Waals surface area contributed by atoms with Gasteiger partial charge in [-0.3, -0.25) is 9.59 Å². The highest BCUT2D eigenvalue weighted by molar-refractivity contribution is 7.09. The summed E-state index contributed by atoms with van der Waals surface area (Å²) in [5.41, 5.74) is 1.52. The number of nitrogens with one attached hydrogen (secondary N) is 2. The van der Waals surface area contributed by atoms with Crippen molar-refractivity contribution < 1.29 is 9.59 Å². The zero-order valence-electron chi connectivity index (χ0n) is 15.0. The first-order chi connectivity index (χ1) is 12.0. The highest BCUT2D eigenvalue weighted by Crippen LogP contribution is 2.11. The number of thiophene rings is 1. The van der Waals surface area contributed by atoms with Crippen LogP contribution in [0.5, 0.6) is 0 Å². The van der Waals surface area contributed by atoms with E-state index in [1.165, 1.54) is 4.88 Å². The number of carbonyl (C=O) groups excluding carboxylic acids is 2. The van der Waals surface area contributed by atoms with Gasteiger partial charge < -0.3 is 10.6 Å². The Kier molecular flexibility index (Phi) is 7.19. The van der Waals surface area contributed by atoms with Gasteiger partial charge >= 0.3 is 0 Å². The smallest absolute Gasteiger partial charge is 0.252 e. The summed E-state index contributed by atoms with van der Waals surface area (Å²) in [6.45, 7) is 6.57. The number of amides is 2. The van der Waals surface area contributed by atoms with Crippen LogP contribution in [-0.4, -0.2) is 24.4 Å². The lowest BCUT2D eigenvalue weighted by atomic mass is 10.0. The average molecular weight is 359 g/mol. The van der Waals surface area contributed by atoms with Crippen molar-refractivity contribution >= 4 is 23.2 Å². The molecule has 5 heteroatoms. The van der Waals surface area contributed by atoms with Crippen molar-refractivity contribution in [2.24, 2.45) is 5.92 Å². The Morgan fingerprint density at radius 2 is 1.88 bits per heavy atom. The molecular weight excluding hydrogens is 332 g/mol. The standard InChI is InChI=1S/C20H26N2O2S/c1-14(2)13-18(20(24)21-11-10-16-8-6-12-25-16)22-19(23)17-9-5-4-7-15(17)3/h4-9,12,14,18H,10-11,13H2,1-3H3,(H,21,24)(H,22,23). The van der Waals surface area contributed by atoms with Crippen molar-refractivity contribution in [1.82, 2.24) is 10.6 Å². The normalized spacial score (nSPS) is 12.0. The average Bonchev–Trinajstić information content (AvgIpc) is 3.07. The molecule has 0 fully saturated rings. The van der Waals surface area contributed by atoms with Crippen molar-refractivity contribution in [1.29, 1.82) is 0 Å². The minimum absolute atomic E-state index is 0.118. The highest BCUT2D eigenvalue weighted by atomic mass is 32.1. The number of carbonyl (C=O) groups is 2. The molecule has 2 aromatic rings. The monoisotopic (exact) mass is 358 g/mol. The first-order valence-corrected chi connectivity index (χ1v) is 9.52. The predicted molar refractivity (Wildman–Crippen MR) is 103 cm³/mol. The summed E-state index contributed by atoms with van der Waals surface area (Å²) < 4.78 is 0. The van der Waals surface area contributed by atoms with Gasteiger partial charge in [-0.05, 0) is 48.8 Å². The number of hydrogen-bond donors (Lipinski definition) is 2. The Labute approximate surface area is 153 Å². The summed E-state index contributed by atoms with van der Waals surface area (Å²) in [6.07, 6.45) is 1.42. The van der Waals surface area contributed by atoms with Crippen LogP contribution in [0.15, 0.2) is 41.8 Å². The van der Waals surface area contributed by atoms with E-state index in [0.717, 1.165) is 12.0 Å². The molecule has 134 valence electrons. The maximum absolute atomic E-state index is 12.5. The second-order valence-corrected chi connectivity index (χ2v) is 7.62. The molecule has 1 aromatic carbocycles. The fraction of sp³-hybridized carbons (Fsp3) is 0.400. The van der Waals surface area contributed by atoms with Crippen molar-refractivity contribution in [2.75, 3.05) is 6.54 Å². The SMILES string of the molecule is Cc1ccccc1C(=O)NC(CC(C)C)C(=O)NCCc1cccs1. The lowest BCUT2D eigenvalue weighted by Gasteiger charge is -2.20. The van der Waals surface area contributed by atoms with Crippen molar-refractivity contribution in [3.63, 3.8) is 0 Å². The molecule has 1 aromatic heterocycles. The molecule has 0 saturated carbocycles. The van der Waals surface area contributed by atoms with E-state index in [1.807, 2.05) is 50.4 Å². The van der Waals surface area contributed by atoms with Gasteiger partial charge in [-0.25, -0.2) is 0 Å². The van der Waals surface area contributed by atoms with Crippen LogP contribution in [0.1, 0.15) is 41.1 Å². The maximum Gasteiger partial charge on any atom is 0.252 e. The Morgan fingerprint density at radius 3 is 2.52 bits per heavy atom. The third-order valence-electron chi connectivity index (χ3n) is 3.97. The number of benzene rings is 1. The summed E-state index contributed by atoms with van der Waals surface area (Å²) in [4.78, 5) is 26.3. The molecule has 1 heterocycles. The van der Waals surface area contributed by atoms with Crippen molar-refractivity contribution in [2.45, 2.75) is 39.7 Å². The molecule has 4 nitrogen and oxygen atoms in total. The van der Waals surface area contributed by atoms with E-state index in [-0.39, 0.29) is 11.8 Å². The molecule has 2 amide bonds. The van der Waals surface area contributed by atoms with Crippen molar-refractivity contribution in [3.05, 3.63) is 57.8 Å². The fourth-order valence-electron chi connectivity index (χ4n) is 2.65. The molecular formula is C20H26N2O2S. The third kappa shape index (κ3) is 6.02. The predicted octanol–water partition coefficient (Wildman–Crippen LogP) is 3.56. The second kappa shape index (κ2) is 9.37. The Morgan fingerprint density at radius 1 is 1.12 bits per heavy atom. The molecule has 0 saturated heterocycles. The molecule has 0 spiro atoms. The molecule has 0 radical (unpaired) electrons. The van der Waals surface area contributed by atoms with E-state index >= 15 is 0 Å². The van der Waals surface area contributed by atoms with Crippen LogP contribution in [0.25, 0.3) is 0 Å². The van der Waals surface area contributed by atoms with Crippen LogP contribution < -0.4 is 10.6 Å². The van der Waals surface area contributed by atoms with Gasteiger partial charge in [-0.15, -0.1) is 11.3 Å². The van der Waals surface area contributed by atoms with Gasteiger partial charge in [-0.2, -0.15) is 0 Å². The second-order valence-electron chi connectivity index (χ2n) is 6.59. The number of rotatable bonds is 8. The molecule has 0 aliphatic rings. The quantitative estimate of drug-likeness (QED) is 0.758. The molecule has 0 aliphatic heterocycles. The topological polar surface area (TPSA) is 58.2 Å². The first kappa shape index (κ1) is 19.2. The largest absolute Gasteiger partial charge is 0.354 e. The molecule has 2 rings (SSSR count). The van der Waals surface area contributed by atoms with Crippen LogP contribution >= 0.6 is 11.3 Å². The van der Waals surface area contributed by atoms with Crippen LogP contribution in [0.3, 0.4) is 0 Å². The lowest BCUT2D eigenvalue weighted by molar-refractivity contribution is -0.123. The van der Waals surface area contributed by atoms with Crippen LogP contribution in [0, 0.1) is 12.8 Å².